The molecule has 1 N–H and O–H groups in total. The van der Waals surface area contributed by atoms with Crippen molar-refractivity contribution in [2.75, 3.05) is 0 Å². The summed E-state index contributed by atoms with van der Waals surface area (Å²) in [5, 5.41) is 12.8. The first-order chi connectivity index (χ1) is 11.5. The highest BCUT2D eigenvalue weighted by molar-refractivity contribution is 7.99. The molecule has 0 aliphatic carbocycles. The minimum atomic E-state index is -0.484. The zero-order chi connectivity index (χ0) is 17.5. The highest BCUT2D eigenvalue weighted by Crippen LogP contribution is 2.28. The summed E-state index contributed by atoms with van der Waals surface area (Å²) >= 11 is 1.52. The lowest BCUT2D eigenvalue weighted by Crippen LogP contribution is -2.12. The summed E-state index contributed by atoms with van der Waals surface area (Å²) in [5.41, 5.74) is 0.592. The molecule has 5 nitrogen and oxygen atoms in total. The number of rotatable bonds is 6. The molecule has 2 aromatic carbocycles. The van der Waals surface area contributed by atoms with Crippen LogP contribution in [0, 0.1) is 0 Å². The molecular formula is C18H17NO4S. The standard InChI is InChI=1S/C18H17NO4S/c1-3-17(21)23-19-12(2)18(22)13-4-8-15(9-5-13)24-16-10-6-14(20)7-11-16/h4-11,20H,3H2,1-2H3/b19-12+. The van der Waals surface area contributed by atoms with Gasteiger partial charge in [0, 0.05) is 21.8 Å². The summed E-state index contributed by atoms with van der Waals surface area (Å²) in [6, 6.07) is 13.9. The molecule has 0 atom stereocenters. The average Bonchev–Trinajstić information content (AvgIpc) is 2.61. The Balaban J connectivity index is 2.04. The number of phenols is 1. The number of hydrogen-bond donors (Lipinski definition) is 1. The monoisotopic (exact) mass is 343 g/mol. The summed E-state index contributed by atoms with van der Waals surface area (Å²) < 4.78 is 0. The van der Waals surface area contributed by atoms with Gasteiger partial charge in [-0.05, 0) is 55.5 Å². The van der Waals surface area contributed by atoms with Crippen LogP contribution in [-0.2, 0) is 9.63 Å². The number of phenolic OH excluding ortho intramolecular Hbond substituents is 1. The quantitative estimate of drug-likeness (QED) is 0.370. The Labute approximate surface area is 144 Å². The number of hydrogen-bond acceptors (Lipinski definition) is 6. The van der Waals surface area contributed by atoms with Crippen LogP contribution in [0.3, 0.4) is 0 Å². The summed E-state index contributed by atoms with van der Waals surface area (Å²) in [6.45, 7) is 3.16. The Morgan fingerprint density at radius 2 is 1.58 bits per heavy atom. The van der Waals surface area contributed by atoms with Gasteiger partial charge in [-0.3, -0.25) is 4.79 Å². The van der Waals surface area contributed by atoms with E-state index < -0.39 is 5.97 Å². The second-order valence-corrected chi connectivity index (χ2v) is 6.09. The number of Topliss-reactive ketones (excluding diaryl/α,β-unsaturated/α-hetero) is 1. The fraction of sp³-hybridized carbons (Fsp3) is 0.167. The second kappa shape index (κ2) is 8.31. The van der Waals surface area contributed by atoms with E-state index in [2.05, 4.69) is 9.99 Å². The molecule has 0 saturated heterocycles. The maximum atomic E-state index is 12.2. The van der Waals surface area contributed by atoms with Crippen molar-refractivity contribution in [2.45, 2.75) is 30.1 Å². The maximum absolute atomic E-state index is 12.2. The van der Waals surface area contributed by atoms with E-state index in [4.69, 9.17) is 0 Å². The topological polar surface area (TPSA) is 76.0 Å². The number of oxime groups is 1. The predicted molar refractivity (Wildman–Crippen MR) is 92.5 cm³/mol. The highest BCUT2D eigenvalue weighted by Gasteiger charge is 2.11. The van der Waals surface area contributed by atoms with E-state index in [9.17, 15) is 14.7 Å². The van der Waals surface area contributed by atoms with Crippen molar-refractivity contribution in [3.05, 3.63) is 54.1 Å². The molecule has 124 valence electrons. The predicted octanol–water partition coefficient (Wildman–Crippen LogP) is 4.06. The molecule has 0 fully saturated rings. The summed E-state index contributed by atoms with van der Waals surface area (Å²) in [7, 11) is 0. The van der Waals surface area contributed by atoms with Gasteiger partial charge in [0.1, 0.15) is 11.5 Å². The molecule has 0 bridgehead atoms. The van der Waals surface area contributed by atoms with Crippen molar-refractivity contribution < 1.29 is 19.5 Å². The van der Waals surface area contributed by atoms with E-state index in [-0.39, 0.29) is 23.7 Å². The van der Waals surface area contributed by atoms with Gasteiger partial charge in [0.25, 0.3) is 0 Å². The van der Waals surface area contributed by atoms with Crippen molar-refractivity contribution in [1.82, 2.24) is 0 Å². The van der Waals surface area contributed by atoms with E-state index in [1.807, 2.05) is 24.3 Å². The van der Waals surface area contributed by atoms with Gasteiger partial charge in [-0.1, -0.05) is 23.8 Å². The lowest BCUT2D eigenvalue weighted by molar-refractivity contribution is -0.143. The van der Waals surface area contributed by atoms with E-state index in [0.29, 0.717) is 5.56 Å². The molecule has 0 spiro atoms. The lowest BCUT2D eigenvalue weighted by Gasteiger charge is -2.04. The number of benzene rings is 2. The molecule has 0 aliphatic rings. The number of carbonyl (C=O) groups is 2. The second-order valence-electron chi connectivity index (χ2n) is 4.94. The molecule has 24 heavy (non-hydrogen) atoms. The third-order valence-electron chi connectivity index (χ3n) is 3.09. The third kappa shape index (κ3) is 4.96. The summed E-state index contributed by atoms with van der Waals surface area (Å²) in [5.74, 6) is -0.554. The molecule has 0 unspecified atom stereocenters. The molecule has 6 heteroatoms. The van der Waals surface area contributed by atoms with Crippen LogP contribution in [0.25, 0.3) is 0 Å². The molecule has 0 radical (unpaired) electrons. The summed E-state index contributed by atoms with van der Waals surface area (Å²) in [6.07, 6.45) is 0.203. The van der Waals surface area contributed by atoms with Crippen LogP contribution in [0.2, 0.25) is 0 Å². The van der Waals surface area contributed by atoms with Crippen LogP contribution < -0.4 is 0 Å². The Morgan fingerprint density at radius 1 is 1.04 bits per heavy atom. The third-order valence-corrected chi connectivity index (χ3v) is 4.11. The van der Waals surface area contributed by atoms with Gasteiger partial charge in [-0.2, -0.15) is 0 Å². The van der Waals surface area contributed by atoms with E-state index in [0.717, 1.165) is 9.79 Å². The number of carbonyl (C=O) groups excluding carboxylic acids is 2. The van der Waals surface area contributed by atoms with Gasteiger partial charge in [0.15, 0.2) is 0 Å². The fourth-order valence-corrected chi connectivity index (χ4v) is 2.58. The van der Waals surface area contributed by atoms with E-state index in [1.54, 1.807) is 31.2 Å². The molecule has 0 saturated carbocycles. The Kier molecular flexibility index (Phi) is 6.14. The van der Waals surface area contributed by atoms with Gasteiger partial charge >= 0.3 is 5.97 Å². The maximum Gasteiger partial charge on any atom is 0.334 e. The first kappa shape index (κ1) is 17.7. The Hall–Kier alpha value is -2.60. The highest BCUT2D eigenvalue weighted by atomic mass is 32.2. The normalized spacial score (nSPS) is 11.2. The molecular weight excluding hydrogens is 326 g/mol. The van der Waals surface area contributed by atoms with Crippen LogP contribution in [0.15, 0.2) is 63.5 Å². The van der Waals surface area contributed by atoms with Gasteiger partial charge in [-0.15, -0.1) is 0 Å². The summed E-state index contributed by atoms with van der Waals surface area (Å²) in [4.78, 5) is 29.8. The van der Waals surface area contributed by atoms with Gasteiger partial charge in [0.2, 0.25) is 5.78 Å². The van der Waals surface area contributed by atoms with Crippen LogP contribution >= 0.6 is 11.8 Å². The fourth-order valence-electron chi connectivity index (χ4n) is 1.76. The van der Waals surface area contributed by atoms with Gasteiger partial charge in [-0.25, -0.2) is 4.79 Å². The SMILES string of the molecule is CCC(=O)O/N=C(\C)C(=O)c1ccc(Sc2ccc(O)cc2)cc1. The van der Waals surface area contributed by atoms with Crippen molar-refractivity contribution >= 4 is 29.2 Å². The van der Waals surface area contributed by atoms with Crippen molar-refractivity contribution in [1.29, 1.82) is 0 Å². The molecule has 0 heterocycles. The zero-order valence-electron chi connectivity index (χ0n) is 13.4. The zero-order valence-corrected chi connectivity index (χ0v) is 14.2. The number of aromatic hydroxyl groups is 1. The van der Waals surface area contributed by atoms with Crippen LogP contribution in [0.4, 0.5) is 0 Å². The molecule has 0 aromatic heterocycles. The van der Waals surface area contributed by atoms with Crippen molar-refractivity contribution in [3.63, 3.8) is 0 Å². The molecule has 2 rings (SSSR count). The Morgan fingerprint density at radius 3 is 2.12 bits per heavy atom. The Bertz CT molecular complexity index is 752. The molecule has 0 aliphatic heterocycles. The van der Waals surface area contributed by atoms with Crippen LogP contribution in [-0.4, -0.2) is 22.6 Å². The van der Waals surface area contributed by atoms with Crippen LogP contribution in [0.5, 0.6) is 5.75 Å². The van der Waals surface area contributed by atoms with Crippen LogP contribution in [0.1, 0.15) is 30.6 Å². The lowest BCUT2D eigenvalue weighted by atomic mass is 10.1. The number of ketones is 1. The first-order valence-electron chi connectivity index (χ1n) is 7.35. The minimum absolute atomic E-state index is 0.121. The van der Waals surface area contributed by atoms with Gasteiger partial charge < -0.3 is 9.94 Å². The van der Waals surface area contributed by atoms with Crippen molar-refractivity contribution in [2.24, 2.45) is 5.16 Å². The van der Waals surface area contributed by atoms with Crippen molar-refractivity contribution in [3.8, 4) is 5.75 Å². The largest absolute Gasteiger partial charge is 0.508 e. The van der Waals surface area contributed by atoms with Gasteiger partial charge in [0.05, 0.1) is 0 Å². The number of nitrogens with zero attached hydrogens (tertiary/aromatic N) is 1. The van der Waals surface area contributed by atoms with E-state index in [1.165, 1.54) is 18.7 Å². The van der Waals surface area contributed by atoms with E-state index >= 15 is 0 Å². The smallest absolute Gasteiger partial charge is 0.334 e. The average molecular weight is 343 g/mol. The molecule has 2 aromatic rings. The minimum Gasteiger partial charge on any atom is -0.508 e. The first-order valence-corrected chi connectivity index (χ1v) is 8.17. The molecule has 0 amide bonds.